The van der Waals surface area contributed by atoms with Gasteiger partial charge in [0, 0.05) is 11.6 Å². The maximum Gasteiger partial charge on any atom is 0.180 e. The van der Waals surface area contributed by atoms with Crippen LogP contribution in [0.25, 0.3) is 0 Å². The van der Waals surface area contributed by atoms with E-state index in [4.69, 9.17) is 45.9 Å². The van der Waals surface area contributed by atoms with Crippen LogP contribution in [-0.2, 0) is 0 Å². The minimum atomic E-state index is -0.596. The van der Waals surface area contributed by atoms with Gasteiger partial charge in [0.05, 0.1) is 14.5 Å². The largest absolute Gasteiger partial charge is 0.454 e. The van der Waals surface area contributed by atoms with Crippen molar-refractivity contribution in [1.29, 1.82) is 0 Å². The van der Waals surface area contributed by atoms with Gasteiger partial charge >= 0.3 is 0 Å². The molecule has 0 amide bonds. The first-order chi connectivity index (χ1) is 9.40. The first-order valence-corrected chi connectivity index (χ1v) is 7.26. The second kappa shape index (κ2) is 6.26. The summed E-state index contributed by atoms with van der Waals surface area (Å²) in [6.07, 6.45) is 0. The van der Waals surface area contributed by atoms with Gasteiger partial charge in [-0.2, -0.15) is 0 Å². The first-order valence-electron chi connectivity index (χ1n) is 5.31. The molecule has 0 aromatic heterocycles. The van der Waals surface area contributed by atoms with Crippen molar-refractivity contribution in [2.45, 2.75) is 0 Å². The molecule has 0 aliphatic rings. The molecular weight excluding hydrogens is 388 g/mol. The van der Waals surface area contributed by atoms with Crippen molar-refractivity contribution < 1.29 is 9.13 Å². The number of hydrogen-bond acceptors (Lipinski definition) is 2. The van der Waals surface area contributed by atoms with E-state index < -0.39 is 5.82 Å². The zero-order valence-electron chi connectivity index (χ0n) is 9.79. The van der Waals surface area contributed by atoms with E-state index in [-0.39, 0.29) is 15.2 Å². The van der Waals surface area contributed by atoms with Gasteiger partial charge < -0.3 is 10.5 Å². The lowest BCUT2D eigenvalue weighted by Crippen LogP contribution is -2.11. The van der Waals surface area contributed by atoms with Gasteiger partial charge in [-0.05, 0) is 40.2 Å². The van der Waals surface area contributed by atoms with E-state index in [1.807, 2.05) is 0 Å². The molecule has 2 rings (SSSR count). The lowest BCUT2D eigenvalue weighted by atomic mass is 10.2. The molecule has 0 aliphatic carbocycles. The van der Waals surface area contributed by atoms with E-state index in [9.17, 15) is 4.39 Å². The molecular formula is C13H7BrCl2FNOS. The normalized spacial score (nSPS) is 10.4. The summed E-state index contributed by atoms with van der Waals surface area (Å²) in [4.78, 5) is 0.0943. The van der Waals surface area contributed by atoms with E-state index in [1.165, 1.54) is 12.1 Å². The van der Waals surface area contributed by atoms with Gasteiger partial charge in [-0.1, -0.05) is 35.4 Å². The standard InChI is InChI=1S/C13H7BrCl2FNOS/c14-11-7(13(18)20)2-4-10(12(11)17)19-6-1-3-8(15)9(16)5-6/h1-5H,(H2,18,20). The summed E-state index contributed by atoms with van der Waals surface area (Å²) in [5.41, 5.74) is 5.89. The summed E-state index contributed by atoms with van der Waals surface area (Å²) in [5, 5.41) is 0.716. The quantitative estimate of drug-likeness (QED) is 0.715. The van der Waals surface area contributed by atoms with Crippen LogP contribution in [-0.4, -0.2) is 4.99 Å². The minimum Gasteiger partial charge on any atom is -0.454 e. The molecule has 0 unspecified atom stereocenters. The Morgan fingerprint density at radius 2 is 1.90 bits per heavy atom. The molecule has 2 nitrogen and oxygen atoms in total. The fourth-order valence-electron chi connectivity index (χ4n) is 1.47. The monoisotopic (exact) mass is 393 g/mol. The Labute approximate surface area is 138 Å². The Morgan fingerprint density at radius 3 is 2.50 bits per heavy atom. The Bertz CT molecular complexity index is 696. The molecule has 0 saturated carbocycles. The SMILES string of the molecule is NC(=S)c1ccc(Oc2ccc(Cl)c(Cl)c2)c(F)c1Br. The molecule has 0 aliphatic heterocycles. The highest BCUT2D eigenvalue weighted by atomic mass is 79.9. The number of halogens is 4. The second-order valence-electron chi connectivity index (χ2n) is 3.78. The Kier molecular flexibility index (Phi) is 4.86. The van der Waals surface area contributed by atoms with E-state index >= 15 is 0 Å². The molecule has 104 valence electrons. The highest BCUT2D eigenvalue weighted by Crippen LogP contribution is 2.34. The van der Waals surface area contributed by atoms with Crippen molar-refractivity contribution in [1.82, 2.24) is 0 Å². The molecule has 2 N–H and O–H groups in total. The first kappa shape index (κ1) is 15.5. The molecule has 7 heteroatoms. The summed E-state index contributed by atoms with van der Waals surface area (Å²) < 4.78 is 19.7. The molecule has 0 spiro atoms. The summed E-state index contributed by atoms with van der Waals surface area (Å²) in [6, 6.07) is 7.66. The van der Waals surface area contributed by atoms with Crippen molar-refractivity contribution in [3.8, 4) is 11.5 Å². The Balaban J connectivity index is 2.37. The van der Waals surface area contributed by atoms with Gasteiger partial charge in [0.25, 0.3) is 0 Å². The highest BCUT2D eigenvalue weighted by molar-refractivity contribution is 9.10. The van der Waals surface area contributed by atoms with Crippen LogP contribution in [0.15, 0.2) is 34.8 Å². The van der Waals surface area contributed by atoms with Crippen LogP contribution in [0.4, 0.5) is 4.39 Å². The molecule has 0 fully saturated rings. The summed E-state index contributed by atoms with van der Waals surface area (Å²) >= 11 is 19.6. The van der Waals surface area contributed by atoms with Crippen molar-refractivity contribution in [3.63, 3.8) is 0 Å². The number of thiocarbonyl (C=S) groups is 1. The van der Waals surface area contributed by atoms with Crippen LogP contribution in [0.2, 0.25) is 10.0 Å². The average molecular weight is 395 g/mol. The van der Waals surface area contributed by atoms with Gasteiger partial charge in [0.15, 0.2) is 11.6 Å². The molecule has 0 radical (unpaired) electrons. The lowest BCUT2D eigenvalue weighted by Gasteiger charge is -2.10. The molecule has 2 aromatic rings. The van der Waals surface area contributed by atoms with E-state index in [0.29, 0.717) is 21.4 Å². The van der Waals surface area contributed by atoms with Crippen LogP contribution in [0.3, 0.4) is 0 Å². The van der Waals surface area contributed by atoms with Crippen LogP contribution in [0.5, 0.6) is 11.5 Å². The van der Waals surface area contributed by atoms with Gasteiger partial charge in [-0.25, -0.2) is 4.39 Å². The van der Waals surface area contributed by atoms with E-state index in [2.05, 4.69) is 15.9 Å². The van der Waals surface area contributed by atoms with Gasteiger partial charge in [0.1, 0.15) is 10.7 Å². The van der Waals surface area contributed by atoms with Crippen LogP contribution < -0.4 is 10.5 Å². The number of hydrogen-bond donors (Lipinski definition) is 1. The van der Waals surface area contributed by atoms with Crippen LogP contribution in [0.1, 0.15) is 5.56 Å². The predicted octanol–water partition coefficient (Wildman–Crippen LogP) is 5.32. The van der Waals surface area contributed by atoms with Crippen molar-refractivity contribution >= 4 is 56.3 Å². The summed E-state index contributed by atoms with van der Waals surface area (Å²) in [5.74, 6) is -0.204. The van der Waals surface area contributed by atoms with Gasteiger partial charge in [-0.3, -0.25) is 0 Å². The number of rotatable bonds is 3. The van der Waals surface area contributed by atoms with E-state index in [0.717, 1.165) is 0 Å². The third-order valence-electron chi connectivity index (χ3n) is 2.43. The third kappa shape index (κ3) is 3.23. The maximum absolute atomic E-state index is 14.1. The summed E-state index contributed by atoms with van der Waals surface area (Å²) in [6.45, 7) is 0. The predicted molar refractivity (Wildman–Crippen MR) is 86.5 cm³/mol. The van der Waals surface area contributed by atoms with Gasteiger partial charge in [-0.15, -0.1) is 0 Å². The van der Waals surface area contributed by atoms with Gasteiger partial charge in [0.2, 0.25) is 0 Å². The van der Waals surface area contributed by atoms with Crippen molar-refractivity contribution in [2.75, 3.05) is 0 Å². The third-order valence-corrected chi connectivity index (χ3v) is 4.17. The summed E-state index contributed by atoms with van der Waals surface area (Å²) in [7, 11) is 0. The molecule has 0 atom stereocenters. The minimum absolute atomic E-state index is 0.0234. The molecule has 2 aromatic carbocycles. The Hall–Kier alpha value is -0.880. The molecule has 0 heterocycles. The molecule has 0 saturated heterocycles. The number of ether oxygens (including phenoxy) is 1. The van der Waals surface area contributed by atoms with Crippen LogP contribution in [0, 0.1) is 5.82 Å². The zero-order valence-corrected chi connectivity index (χ0v) is 13.7. The van der Waals surface area contributed by atoms with Crippen molar-refractivity contribution in [2.24, 2.45) is 5.73 Å². The van der Waals surface area contributed by atoms with E-state index in [1.54, 1.807) is 18.2 Å². The molecule has 20 heavy (non-hydrogen) atoms. The number of benzene rings is 2. The smallest absolute Gasteiger partial charge is 0.180 e. The topological polar surface area (TPSA) is 35.2 Å². The average Bonchev–Trinajstić information content (AvgIpc) is 2.39. The fourth-order valence-corrected chi connectivity index (χ4v) is 2.60. The van der Waals surface area contributed by atoms with Crippen LogP contribution >= 0.6 is 51.3 Å². The highest BCUT2D eigenvalue weighted by Gasteiger charge is 2.14. The lowest BCUT2D eigenvalue weighted by molar-refractivity contribution is 0.440. The number of nitrogens with two attached hydrogens (primary N) is 1. The maximum atomic E-state index is 14.1. The fraction of sp³-hybridized carbons (Fsp3) is 0. The molecule has 0 bridgehead atoms. The zero-order chi connectivity index (χ0) is 14.9. The second-order valence-corrected chi connectivity index (χ2v) is 5.83. The van der Waals surface area contributed by atoms with Crippen molar-refractivity contribution in [3.05, 3.63) is 56.2 Å². The Morgan fingerprint density at radius 1 is 1.20 bits per heavy atom.